The summed E-state index contributed by atoms with van der Waals surface area (Å²) >= 11 is 0. The Bertz CT molecular complexity index is 809. The summed E-state index contributed by atoms with van der Waals surface area (Å²) < 4.78 is 26.9. The Labute approximate surface area is 129 Å². The number of carbonyl (C=O) groups is 1. The van der Waals surface area contributed by atoms with Crippen LogP contribution in [0.4, 0.5) is 0 Å². The molecule has 1 amide bonds. The summed E-state index contributed by atoms with van der Waals surface area (Å²) in [6.07, 6.45) is 0.976. The SMILES string of the molecule is NC(=O)C1CCN(S(=O)(=O)c2ccc3ccccc3c2)CC1. The molecule has 5 nitrogen and oxygen atoms in total. The maximum Gasteiger partial charge on any atom is 0.243 e. The molecule has 2 aromatic carbocycles. The number of hydrogen-bond donors (Lipinski definition) is 1. The molecule has 3 rings (SSSR count). The fourth-order valence-corrected chi connectivity index (χ4v) is 4.36. The summed E-state index contributed by atoms with van der Waals surface area (Å²) in [7, 11) is -3.52. The third-order valence-electron chi connectivity index (χ3n) is 4.22. The van der Waals surface area contributed by atoms with E-state index in [0.717, 1.165) is 10.8 Å². The molecular weight excluding hydrogens is 300 g/mol. The van der Waals surface area contributed by atoms with Crippen molar-refractivity contribution in [3.05, 3.63) is 42.5 Å². The molecule has 2 N–H and O–H groups in total. The molecule has 22 heavy (non-hydrogen) atoms. The molecule has 0 radical (unpaired) electrons. The number of hydrogen-bond acceptors (Lipinski definition) is 3. The standard InChI is InChI=1S/C16H18N2O3S/c17-16(19)13-7-9-18(10-8-13)22(20,21)15-6-5-12-3-1-2-4-14(12)11-15/h1-6,11,13H,7-10H2,(H2,17,19). The average Bonchev–Trinajstić information content (AvgIpc) is 2.54. The highest BCUT2D eigenvalue weighted by atomic mass is 32.2. The first-order valence-corrected chi connectivity index (χ1v) is 8.71. The fourth-order valence-electron chi connectivity index (χ4n) is 2.86. The van der Waals surface area contributed by atoms with Gasteiger partial charge in [-0.15, -0.1) is 0 Å². The zero-order valence-corrected chi connectivity index (χ0v) is 12.9. The van der Waals surface area contributed by atoms with E-state index in [9.17, 15) is 13.2 Å². The minimum atomic E-state index is -3.52. The maximum atomic E-state index is 12.7. The lowest BCUT2D eigenvalue weighted by Crippen LogP contribution is -2.41. The molecule has 0 atom stereocenters. The number of sulfonamides is 1. The van der Waals surface area contributed by atoms with Crippen LogP contribution in [0.5, 0.6) is 0 Å². The summed E-state index contributed by atoms with van der Waals surface area (Å²) in [5, 5.41) is 1.91. The maximum absolute atomic E-state index is 12.7. The highest BCUT2D eigenvalue weighted by molar-refractivity contribution is 7.89. The first-order chi connectivity index (χ1) is 10.5. The van der Waals surface area contributed by atoms with Gasteiger partial charge in [-0.1, -0.05) is 30.3 Å². The largest absolute Gasteiger partial charge is 0.369 e. The van der Waals surface area contributed by atoms with E-state index in [-0.39, 0.29) is 11.8 Å². The molecule has 0 spiro atoms. The van der Waals surface area contributed by atoms with Crippen molar-refractivity contribution in [2.75, 3.05) is 13.1 Å². The molecular formula is C16H18N2O3S. The van der Waals surface area contributed by atoms with Crippen molar-refractivity contribution in [3.63, 3.8) is 0 Å². The van der Waals surface area contributed by atoms with Gasteiger partial charge in [0, 0.05) is 19.0 Å². The number of amides is 1. The van der Waals surface area contributed by atoms with Crippen LogP contribution in [-0.2, 0) is 14.8 Å². The topological polar surface area (TPSA) is 80.5 Å². The van der Waals surface area contributed by atoms with Gasteiger partial charge >= 0.3 is 0 Å². The summed E-state index contributed by atoms with van der Waals surface area (Å²) in [4.78, 5) is 11.5. The molecule has 1 aliphatic rings. The highest BCUT2D eigenvalue weighted by Gasteiger charge is 2.31. The van der Waals surface area contributed by atoms with E-state index >= 15 is 0 Å². The minimum Gasteiger partial charge on any atom is -0.369 e. The van der Waals surface area contributed by atoms with Crippen molar-refractivity contribution in [3.8, 4) is 0 Å². The van der Waals surface area contributed by atoms with Crippen molar-refractivity contribution in [2.45, 2.75) is 17.7 Å². The van der Waals surface area contributed by atoms with Gasteiger partial charge in [-0.2, -0.15) is 4.31 Å². The number of benzene rings is 2. The van der Waals surface area contributed by atoms with Gasteiger partial charge in [0.2, 0.25) is 15.9 Å². The van der Waals surface area contributed by atoms with Crippen LogP contribution in [0.15, 0.2) is 47.4 Å². The van der Waals surface area contributed by atoms with Crippen molar-refractivity contribution < 1.29 is 13.2 Å². The molecule has 1 heterocycles. The summed E-state index contributed by atoms with van der Waals surface area (Å²) in [5.41, 5.74) is 5.29. The van der Waals surface area contributed by atoms with Gasteiger partial charge < -0.3 is 5.73 Å². The predicted octanol–water partition coefficient (Wildman–Crippen LogP) is 1.73. The lowest BCUT2D eigenvalue weighted by molar-refractivity contribution is -0.122. The summed E-state index contributed by atoms with van der Waals surface area (Å²) in [5.74, 6) is -0.564. The molecule has 116 valence electrons. The van der Waals surface area contributed by atoms with E-state index in [1.807, 2.05) is 30.3 Å². The van der Waals surface area contributed by atoms with E-state index in [1.165, 1.54) is 4.31 Å². The van der Waals surface area contributed by atoms with Gasteiger partial charge in [-0.05, 0) is 35.7 Å². The van der Waals surface area contributed by atoms with Crippen molar-refractivity contribution in [1.82, 2.24) is 4.31 Å². The van der Waals surface area contributed by atoms with Crippen LogP contribution in [-0.4, -0.2) is 31.7 Å². The van der Waals surface area contributed by atoms with E-state index in [1.54, 1.807) is 12.1 Å². The van der Waals surface area contributed by atoms with Crippen molar-refractivity contribution in [1.29, 1.82) is 0 Å². The van der Waals surface area contributed by atoms with Crippen LogP contribution in [0.3, 0.4) is 0 Å². The second kappa shape index (κ2) is 5.70. The summed E-state index contributed by atoms with van der Waals surface area (Å²) in [6, 6.07) is 12.8. The monoisotopic (exact) mass is 318 g/mol. The minimum absolute atomic E-state index is 0.219. The Morgan fingerprint density at radius 3 is 2.32 bits per heavy atom. The second-order valence-electron chi connectivity index (χ2n) is 5.59. The van der Waals surface area contributed by atoms with Crippen LogP contribution in [0, 0.1) is 5.92 Å². The quantitative estimate of drug-likeness (QED) is 0.936. The Hall–Kier alpha value is -1.92. The predicted molar refractivity (Wildman–Crippen MR) is 84.6 cm³/mol. The second-order valence-corrected chi connectivity index (χ2v) is 7.53. The van der Waals surface area contributed by atoms with E-state index in [2.05, 4.69) is 0 Å². The van der Waals surface area contributed by atoms with Crippen molar-refractivity contribution >= 4 is 26.7 Å². The fraction of sp³-hybridized carbons (Fsp3) is 0.312. The third-order valence-corrected chi connectivity index (χ3v) is 6.11. The molecule has 0 unspecified atom stereocenters. The highest BCUT2D eigenvalue weighted by Crippen LogP contribution is 2.26. The van der Waals surface area contributed by atoms with Gasteiger partial charge in [-0.25, -0.2) is 8.42 Å². The molecule has 0 bridgehead atoms. The van der Waals surface area contributed by atoms with E-state index in [4.69, 9.17) is 5.73 Å². The number of primary amides is 1. The normalized spacial score (nSPS) is 17.6. The molecule has 1 aliphatic heterocycles. The Morgan fingerprint density at radius 2 is 1.68 bits per heavy atom. The van der Waals surface area contributed by atoms with Gasteiger partial charge in [0.1, 0.15) is 0 Å². The Kier molecular flexibility index (Phi) is 3.88. The Morgan fingerprint density at radius 1 is 1.05 bits per heavy atom. The zero-order valence-electron chi connectivity index (χ0n) is 12.1. The van der Waals surface area contributed by atoms with Gasteiger partial charge in [0.15, 0.2) is 0 Å². The van der Waals surface area contributed by atoms with Crippen LogP contribution in [0.2, 0.25) is 0 Å². The lowest BCUT2D eigenvalue weighted by Gasteiger charge is -2.29. The van der Waals surface area contributed by atoms with E-state index in [0.29, 0.717) is 30.8 Å². The number of fused-ring (bicyclic) bond motifs is 1. The molecule has 1 fully saturated rings. The van der Waals surface area contributed by atoms with Gasteiger partial charge in [0.25, 0.3) is 0 Å². The molecule has 6 heteroatoms. The Balaban J connectivity index is 1.87. The third kappa shape index (κ3) is 2.71. The number of piperidine rings is 1. The van der Waals surface area contributed by atoms with Crippen LogP contribution in [0.25, 0.3) is 10.8 Å². The van der Waals surface area contributed by atoms with E-state index < -0.39 is 10.0 Å². The number of nitrogens with zero attached hydrogens (tertiary/aromatic N) is 1. The number of nitrogens with two attached hydrogens (primary N) is 1. The van der Waals surface area contributed by atoms with Gasteiger partial charge in [-0.3, -0.25) is 4.79 Å². The number of rotatable bonds is 3. The smallest absolute Gasteiger partial charge is 0.243 e. The molecule has 0 aliphatic carbocycles. The zero-order chi connectivity index (χ0) is 15.7. The van der Waals surface area contributed by atoms with Crippen LogP contribution < -0.4 is 5.73 Å². The van der Waals surface area contributed by atoms with Gasteiger partial charge in [0.05, 0.1) is 4.90 Å². The molecule has 0 aromatic heterocycles. The molecule has 2 aromatic rings. The first kappa shape index (κ1) is 15.0. The first-order valence-electron chi connectivity index (χ1n) is 7.27. The van der Waals surface area contributed by atoms with Crippen LogP contribution in [0.1, 0.15) is 12.8 Å². The van der Waals surface area contributed by atoms with Crippen molar-refractivity contribution in [2.24, 2.45) is 11.7 Å². The summed E-state index contributed by atoms with van der Waals surface area (Å²) in [6.45, 7) is 0.672. The van der Waals surface area contributed by atoms with Crippen LogP contribution >= 0.6 is 0 Å². The average molecular weight is 318 g/mol. The number of carbonyl (C=O) groups excluding carboxylic acids is 1. The molecule has 1 saturated heterocycles. The lowest BCUT2D eigenvalue weighted by atomic mass is 9.98. The molecule has 0 saturated carbocycles.